The van der Waals surface area contributed by atoms with Crippen molar-refractivity contribution in [3.63, 3.8) is 0 Å². The molecular weight excluding hydrogens is 517 g/mol. The third kappa shape index (κ3) is 7.14. The van der Waals surface area contributed by atoms with Crippen LogP contribution in [0.1, 0.15) is 0 Å². The highest BCUT2D eigenvalue weighted by Crippen LogP contribution is 2.34. The van der Waals surface area contributed by atoms with Gasteiger partial charge in [0.2, 0.25) is 11.5 Å². The molecule has 9 nitrogen and oxygen atoms in total. The van der Waals surface area contributed by atoms with E-state index in [1.807, 2.05) is 0 Å². The summed E-state index contributed by atoms with van der Waals surface area (Å²) in [6, 6.07) is 6.13. The Morgan fingerprint density at radius 2 is 1.86 bits per heavy atom. The minimum atomic E-state index is -0.789. The first-order valence-corrected chi connectivity index (χ1v) is 11.3. The molecule has 0 bridgehead atoms. The van der Waals surface area contributed by atoms with Crippen LogP contribution in [0.15, 0.2) is 66.0 Å². The second-order valence-electron chi connectivity index (χ2n) is 6.99. The van der Waals surface area contributed by atoms with Gasteiger partial charge in [0, 0.05) is 18.3 Å². The maximum atomic E-state index is 13.5. The van der Waals surface area contributed by atoms with Crippen LogP contribution in [0.2, 0.25) is 15.1 Å². The molecule has 35 heavy (non-hydrogen) atoms. The number of nitrogens with two attached hydrogens (primary N) is 1. The molecule has 3 rings (SSSR count). The average Bonchev–Trinajstić information content (AvgIpc) is 2.81. The van der Waals surface area contributed by atoms with Crippen molar-refractivity contribution in [1.29, 1.82) is 5.41 Å². The maximum Gasteiger partial charge on any atom is 0.411 e. The molecule has 2 aromatic rings. The van der Waals surface area contributed by atoms with Gasteiger partial charge in [-0.05, 0) is 36.4 Å². The average molecular weight is 538 g/mol. The number of quaternary nitrogens is 1. The molecule has 0 saturated heterocycles. The third-order valence-corrected chi connectivity index (χ3v) is 5.42. The van der Waals surface area contributed by atoms with Crippen LogP contribution in [0.4, 0.5) is 22.0 Å². The first-order valence-electron chi connectivity index (χ1n) is 10.2. The van der Waals surface area contributed by atoms with Gasteiger partial charge in [-0.15, -0.1) is 0 Å². The van der Waals surface area contributed by atoms with E-state index in [1.165, 1.54) is 30.8 Å². The Hall–Kier alpha value is -3.21. The second kappa shape index (κ2) is 12.5. The highest BCUT2D eigenvalue weighted by atomic mass is 35.5. The van der Waals surface area contributed by atoms with E-state index < -0.39 is 12.0 Å². The van der Waals surface area contributed by atoms with Gasteiger partial charge in [-0.2, -0.15) is 0 Å². The van der Waals surface area contributed by atoms with E-state index >= 15 is 0 Å². The Labute approximate surface area is 216 Å². The van der Waals surface area contributed by atoms with Gasteiger partial charge in [-0.1, -0.05) is 47.0 Å². The molecule has 2 amide bonds. The van der Waals surface area contributed by atoms with Crippen LogP contribution in [-0.4, -0.2) is 43.0 Å². The number of nitrogens with zero attached hydrogens (tertiary/aromatic N) is 1. The van der Waals surface area contributed by atoms with Gasteiger partial charge in [-0.3, -0.25) is 15.4 Å². The topological polar surface area (TPSA) is 130 Å². The maximum absolute atomic E-state index is 13.5. The number of hydrogen-bond donors (Lipinski definition) is 4. The fourth-order valence-corrected chi connectivity index (χ4v) is 3.69. The lowest BCUT2D eigenvalue weighted by atomic mass is 10.0. The van der Waals surface area contributed by atoms with Crippen molar-refractivity contribution in [2.24, 2.45) is 0 Å². The fraction of sp³-hybridized carbons (Fsp3) is 0.130. The number of aromatic nitrogens is 1. The quantitative estimate of drug-likeness (QED) is 0.292. The van der Waals surface area contributed by atoms with Gasteiger partial charge in [0.05, 0.1) is 34.3 Å². The number of ether oxygens (including phenoxy) is 2. The van der Waals surface area contributed by atoms with Gasteiger partial charge < -0.3 is 20.2 Å². The number of benzene rings is 1. The molecule has 1 aromatic carbocycles. The SMILES string of the molecule is COCCOC(=O)Nc1cc(Cl)cc(Cl)c1NC(=O)/C([NH2+]c1ncccc1Cl)=C1\C=CC=CC1=N. The lowest BCUT2D eigenvalue weighted by Crippen LogP contribution is -2.79. The smallest absolute Gasteiger partial charge is 0.411 e. The van der Waals surface area contributed by atoms with Crippen LogP contribution in [-0.2, 0) is 14.3 Å². The van der Waals surface area contributed by atoms with E-state index in [1.54, 1.807) is 36.4 Å². The Kier molecular flexibility index (Phi) is 9.41. The number of methoxy groups -OCH3 is 1. The van der Waals surface area contributed by atoms with E-state index in [0.717, 1.165) is 0 Å². The van der Waals surface area contributed by atoms with E-state index in [9.17, 15) is 9.59 Å². The summed E-state index contributed by atoms with van der Waals surface area (Å²) >= 11 is 18.7. The molecule has 0 atom stereocenters. The molecule has 0 saturated carbocycles. The van der Waals surface area contributed by atoms with E-state index in [2.05, 4.69) is 15.6 Å². The normalized spacial score (nSPS) is 14.0. The highest BCUT2D eigenvalue weighted by molar-refractivity contribution is 6.38. The van der Waals surface area contributed by atoms with Crippen molar-refractivity contribution in [3.8, 4) is 0 Å². The summed E-state index contributed by atoms with van der Waals surface area (Å²) in [7, 11) is 1.48. The van der Waals surface area contributed by atoms with Crippen LogP contribution in [0.3, 0.4) is 0 Å². The lowest BCUT2D eigenvalue weighted by molar-refractivity contribution is -0.515. The van der Waals surface area contributed by atoms with Crippen molar-refractivity contribution in [2.75, 3.05) is 31.0 Å². The van der Waals surface area contributed by atoms with E-state index in [-0.39, 0.29) is 46.0 Å². The molecule has 0 fully saturated rings. The number of anilines is 2. The molecule has 1 aliphatic rings. The van der Waals surface area contributed by atoms with Gasteiger partial charge in [-0.25, -0.2) is 9.78 Å². The number of allylic oxidation sites excluding steroid dienone is 5. The number of nitrogens with one attached hydrogen (secondary N) is 3. The first kappa shape index (κ1) is 26.4. The number of hydrogen-bond acceptors (Lipinski definition) is 6. The molecule has 5 N–H and O–H groups in total. The van der Waals surface area contributed by atoms with E-state index in [0.29, 0.717) is 16.4 Å². The van der Waals surface area contributed by atoms with Crippen LogP contribution in [0.5, 0.6) is 0 Å². The number of halogens is 3. The summed E-state index contributed by atoms with van der Waals surface area (Å²) in [6.07, 6.45) is 7.31. The molecule has 12 heteroatoms. The molecule has 0 aliphatic heterocycles. The molecule has 1 aliphatic carbocycles. The zero-order valence-corrected chi connectivity index (χ0v) is 20.7. The minimum Gasteiger partial charge on any atom is -0.447 e. The van der Waals surface area contributed by atoms with Crippen molar-refractivity contribution in [1.82, 2.24) is 4.98 Å². The summed E-state index contributed by atoms with van der Waals surface area (Å²) < 4.78 is 9.87. The standard InChI is InChI=1S/C23H20Cl3N5O4/c1-34-9-10-35-23(33)29-18-12-13(24)11-16(26)20(18)31-22(32)19(14-5-2-3-7-17(14)27)30-21-15(25)6-4-8-28-21/h2-8,11-12,27H,9-10H2,1H3,(H,28,30)(H,29,33)(H,31,32)/p+1/b19-14-,27-17?. The van der Waals surface area contributed by atoms with Crippen LogP contribution in [0, 0.1) is 5.41 Å². The molecule has 1 aromatic heterocycles. The van der Waals surface area contributed by atoms with Crippen LogP contribution in [0.25, 0.3) is 0 Å². The van der Waals surface area contributed by atoms with Gasteiger partial charge in [0.15, 0.2) is 0 Å². The number of carbonyl (C=O) groups excluding carboxylic acids is 2. The largest absolute Gasteiger partial charge is 0.447 e. The zero-order chi connectivity index (χ0) is 25.4. The fourth-order valence-electron chi connectivity index (χ4n) is 2.97. The highest BCUT2D eigenvalue weighted by Gasteiger charge is 2.26. The van der Waals surface area contributed by atoms with Gasteiger partial charge in [0.25, 0.3) is 0 Å². The summed E-state index contributed by atoms with van der Waals surface area (Å²) in [4.78, 5) is 29.9. The first-order chi connectivity index (χ1) is 16.8. The number of pyridine rings is 1. The Morgan fingerprint density at radius 1 is 1.09 bits per heavy atom. The molecule has 182 valence electrons. The van der Waals surface area contributed by atoms with Crippen molar-refractivity contribution < 1.29 is 24.4 Å². The van der Waals surface area contributed by atoms with Gasteiger partial charge >= 0.3 is 12.0 Å². The molecule has 0 unspecified atom stereocenters. The minimum absolute atomic E-state index is 0.0241. The molecule has 1 heterocycles. The summed E-state index contributed by atoms with van der Waals surface area (Å²) in [5, 5.41) is 15.6. The Balaban J connectivity index is 1.95. The van der Waals surface area contributed by atoms with Crippen molar-refractivity contribution in [2.45, 2.75) is 0 Å². The summed E-state index contributed by atoms with van der Waals surface area (Å²) in [6.45, 7) is 0.237. The number of amides is 2. The Bertz CT molecular complexity index is 1240. The van der Waals surface area contributed by atoms with E-state index in [4.69, 9.17) is 49.7 Å². The number of rotatable bonds is 8. The van der Waals surface area contributed by atoms with Crippen molar-refractivity contribution in [3.05, 3.63) is 81.1 Å². The van der Waals surface area contributed by atoms with Gasteiger partial charge in [0.1, 0.15) is 11.6 Å². The van der Waals surface area contributed by atoms with Crippen molar-refractivity contribution >= 4 is 69.7 Å². The Morgan fingerprint density at radius 3 is 2.57 bits per heavy atom. The number of carbonyl (C=O) groups is 2. The van der Waals surface area contributed by atoms with Crippen LogP contribution >= 0.6 is 34.8 Å². The molecule has 0 spiro atoms. The second-order valence-corrected chi connectivity index (χ2v) is 8.24. The summed E-state index contributed by atoms with van der Waals surface area (Å²) in [5.74, 6) is -0.281. The predicted molar refractivity (Wildman–Crippen MR) is 136 cm³/mol. The molecule has 0 radical (unpaired) electrons. The monoisotopic (exact) mass is 536 g/mol. The zero-order valence-electron chi connectivity index (χ0n) is 18.4. The third-order valence-electron chi connectivity index (χ3n) is 4.58. The summed E-state index contributed by atoms with van der Waals surface area (Å²) in [5.41, 5.74) is 0.766. The van der Waals surface area contributed by atoms with Crippen LogP contribution < -0.4 is 16.0 Å². The molecular formula is C23H21Cl3N5O4+. The lowest BCUT2D eigenvalue weighted by Gasteiger charge is -2.16. The predicted octanol–water partition coefficient (Wildman–Crippen LogP) is 4.47.